The second kappa shape index (κ2) is 7.04. The van der Waals surface area contributed by atoms with Crippen molar-refractivity contribution in [1.29, 1.82) is 0 Å². The number of nitrogens with zero attached hydrogens (tertiary/aromatic N) is 2. The first-order valence-corrected chi connectivity index (χ1v) is 7.18. The predicted octanol–water partition coefficient (Wildman–Crippen LogP) is 1.38. The molecule has 0 aromatic heterocycles. The van der Waals surface area contributed by atoms with Crippen molar-refractivity contribution in [3.05, 3.63) is 0 Å². The van der Waals surface area contributed by atoms with E-state index < -0.39 is 0 Å². The van der Waals surface area contributed by atoms with Gasteiger partial charge in [-0.05, 0) is 33.6 Å². The standard InChI is InChI=1S/C13H25N3OS/c1-4-16(11-5-6-11)13(17)9-15(10(2)3)8-7-12(14)18/h10-11H,4-9H2,1-3H3,(H2,14,18). The van der Waals surface area contributed by atoms with E-state index in [1.165, 1.54) is 0 Å². The zero-order chi connectivity index (χ0) is 13.7. The highest BCUT2D eigenvalue weighted by Gasteiger charge is 2.32. The van der Waals surface area contributed by atoms with Crippen LogP contribution in [0.5, 0.6) is 0 Å². The Balaban J connectivity index is 2.48. The predicted molar refractivity (Wildman–Crippen MR) is 78.5 cm³/mol. The molecular formula is C13H25N3OS. The Hall–Kier alpha value is -0.680. The molecule has 1 aliphatic rings. The van der Waals surface area contributed by atoms with Crippen molar-refractivity contribution in [2.24, 2.45) is 5.73 Å². The molecule has 0 radical (unpaired) electrons. The molecule has 1 aliphatic carbocycles. The van der Waals surface area contributed by atoms with E-state index in [1.807, 2.05) is 11.8 Å². The van der Waals surface area contributed by atoms with Gasteiger partial charge in [-0.15, -0.1) is 0 Å². The van der Waals surface area contributed by atoms with Crippen molar-refractivity contribution < 1.29 is 4.79 Å². The second-order valence-electron chi connectivity index (χ2n) is 5.19. The minimum Gasteiger partial charge on any atom is -0.393 e. The van der Waals surface area contributed by atoms with Gasteiger partial charge >= 0.3 is 0 Å². The van der Waals surface area contributed by atoms with E-state index in [-0.39, 0.29) is 5.91 Å². The topological polar surface area (TPSA) is 49.6 Å². The first-order chi connectivity index (χ1) is 8.45. The maximum atomic E-state index is 12.2. The van der Waals surface area contributed by atoms with Gasteiger partial charge in [0.2, 0.25) is 5.91 Å². The normalized spacial score (nSPS) is 15.2. The minimum atomic E-state index is 0.233. The Morgan fingerprint density at radius 3 is 2.44 bits per heavy atom. The molecular weight excluding hydrogens is 246 g/mol. The molecule has 0 bridgehead atoms. The fraction of sp³-hybridized carbons (Fsp3) is 0.846. The second-order valence-corrected chi connectivity index (χ2v) is 5.72. The minimum absolute atomic E-state index is 0.233. The zero-order valence-electron chi connectivity index (χ0n) is 11.7. The fourth-order valence-corrected chi connectivity index (χ4v) is 2.15. The average molecular weight is 271 g/mol. The molecule has 0 atom stereocenters. The lowest BCUT2D eigenvalue weighted by atomic mass is 10.2. The quantitative estimate of drug-likeness (QED) is 0.678. The van der Waals surface area contributed by atoms with Crippen LogP contribution in [0.4, 0.5) is 0 Å². The summed E-state index contributed by atoms with van der Waals surface area (Å²) < 4.78 is 0. The lowest BCUT2D eigenvalue weighted by Gasteiger charge is -2.29. The number of hydrogen-bond acceptors (Lipinski definition) is 3. The lowest BCUT2D eigenvalue weighted by Crippen LogP contribution is -2.44. The van der Waals surface area contributed by atoms with Crippen LogP contribution in [0.3, 0.4) is 0 Å². The molecule has 104 valence electrons. The number of carbonyl (C=O) groups is 1. The molecule has 0 spiro atoms. The van der Waals surface area contributed by atoms with Crippen molar-refractivity contribution in [1.82, 2.24) is 9.80 Å². The van der Waals surface area contributed by atoms with Crippen LogP contribution in [-0.4, -0.2) is 52.4 Å². The first-order valence-electron chi connectivity index (χ1n) is 6.77. The largest absolute Gasteiger partial charge is 0.393 e. The Labute approximate surface area is 115 Å². The zero-order valence-corrected chi connectivity index (χ0v) is 12.5. The summed E-state index contributed by atoms with van der Waals surface area (Å²) in [6, 6.07) is 0.827. The highest BCUT2D eigenvalue weighted by Crippen LogP contribution is 2.26. The van der Waals surface area contributed by atoms with Crippen molar-refractivity contribution in [3.63, 3.8) is 0 Å². The van der Waals surface area contributed by atoms with E-state index in [2.05, 4.69) is 18.7 Å². The summed E-state index contributed by atoms with van der Waals surface area (Å²) in [5.41, 5.74) is 5.53. The Kier molecular flexibility index (Phi) is 6.02. The summed E-state index contributed by atoms with van der Waals surface area (Å²) in [6.45, 7) is 8.29. The SMILES string of the molecule is CCN(C(=O)CN(CCC(N)=S)C(C)C)C1CC1. The van der Waals surface area contributed by atoms with Gasteiger partial charge < -0.3 is 10.6 Å². The smallest absolute Gasteiger partial charge is 0.236 e. The number of rotatable bonds is 8. The van der Waals surface area contributed by atoms with Crippen LogP contribution in [0.25, 0.3) is 0 Å². The summed E-state index contributed by atoms with van der Waals surface area (Å²) in [7, 11) is 0. The van der Waals surface area contributed by atoms with Gasteiger partial charge in [-0.2, -0.15) is 0 Å². The van der Waals surface area contributed by atoms with Crippen LogP contribution in [0.1, 0.15) is 40.0 Å². The Bertz CT molecular complexity index is 303. The lowest BCUT2D eigenvalue weighted by molar-refractivity contribution is -0.133. The van der Waals surface area contributed by atoms with E-state index in [0.717, 1.165) is 25.9 Å². The molecule has 1 amide bonds. The van der Waals surface area contributed by atoms with Crippen LogP contribution >= 0.6 is 12.2 Å². The van der Waals surface area contributed by atoms with E-state index in [0.29, 0.717) is 30.0 Å². The summed E-state index contributed by atoms with van der Waals surface area (Å²) in [5.74, 6) is 0.233. The number of amides is 1. The molecule has 1 fully saturated rings. The molecule has 2 N–H and O–H groups in total. The van der Waals surface area contributed by atoms with E-state index in [9.17, 15) is 4.79 Å². The van der Waals surface area contributed by atoms with Gasteiger partial charge in [0.05, 0.1) is 11.5 Å². The van der Waals surface area contributed by atoms with Crippen LogP contribution < -0.4 is 5.73 Å². The maximum Gasteiger partial charge on any atom is 0.236 e. The van der Waals surface area contributed by atoms with E-state index in [1.54, 1.807) is 0 Å². The summed E-state index contributed by atoms with van der Waals surface area (Å²) in [6.07, 6.45) is 3.00. The van der Waals surface area contributed by atoms with Gasteiger partial charge in [-0.3, -0.25) is 9.69 Å². The highest BCUT2D eigenvalue weighted by molar-refractivity contribution is 7.80. The number of hydrogen-bond donors (Lipinski definition) is 1. The molecule has 0 aromatic rings. The number of likely N-dealkylation sites (N-methyl/N-ethyl adjacent to an activating group) is 1. The average Bonchev–Trinajstić information content (AvgIpc) is 3.08. The van der Waals surface area contributed by atoms with Gasteiger partial charge in [-0.25, -0.2) is 0 Å². The third-order valence-corrected chi connectivity index (χ3v) is 3.57. The van der Waals surface area contributed by atoms with Gasteiger partial charge in [0.15, 0.2) is 0 Å². The molecule has 0 aliphatic heterocycles. The maximum absolute atomic E-state index is 12.2. The molecule has 1 rings (SSSR count). The van der Waals surface area contributed by atoms with Crippen molar-refractivity contribution in [2.75, 3.05) is 19.6 Å². The summed E-state index contributed by atoms with van der Waals surface area (Å²) in [4.78, 5) is 16.9. The summed E-state index contributed by atoms with van der Waals surface area (Å²) in [5, 5.41) is 0. The molecule has 0 saturated heterocycles. The number of carbonyl (C=O) groups excluding carboxylic acids is 1. The van der Waals surface area contributed by atoms with Crippen molar-refractivity contribution in [2.45, 2.75) is 52.1 Å². The van der Waals surface area contributed by atoms with Crippen LogP contribution in [0.2, 0.25) is 0 Å². The van der Waals surface area contributed by atoms with Crippen molar-refractivity contribution in [3.8, 4) is 0 Å². The van der Waals surface area contributed by atoms with Gasteiger partial charge in [0, 0.05) is 31.6 Å². The molecule has 18 heavy (non-hydrogen) atoms. The van der Waals surface area contributed by atoms with Crippen LogP contribution in [0.15, 0.2) is 0 Å². The van der Waals surface area contributed by atoms with E-state index in [4.69, 9.17) is 18.0 Å². The number of nitrogens with two attached hydrogens (primary N) is 1. The molecule has 0 aromatic carbocycles. The fourth-order valence-electron chi connectivity index (χ4n) is 2.06. The Morgan fingerprint density at radius 2 is 2.06 bits per heavy atom. The molecule has 0 unspecified atom stereocenters. The molecule has 0 heterocycles. The van der Waals surface area contributed by atoms with Crippen LogP contribution in [0, 0.1) is 0 Å². The van der Waals surface area contributed by atoms with Crippen molar-refractivity contribution >= 4 is 23.1 Å². The molecule has 4 nitrogen and oxygen atoms in total. The monoisotopic (exact) mass is 271 g/mol. The number of thiocarbonyl (C=S) groups is 1. The third-order valence-electron chi connectivity index (χ3n) is 3.36. The van der Waals surface area contributed by atoms with Gasteiger partial charge in [0.1, 0.15) is 0 Å². The molecule has 5 heteroatoms. The first kappa shape index (κ1) is 15.4. The molecule has 1 saturated carbocycles. The van der Waals surface area contributed by atoms with Gasteiger partial charge in [-0.1, -0.05) is 12.2 Å². The van der Waals surface area contributed by atoms with E-state index >= 15 is 0 Å². The summed E-state index contributed by atoms with van der Waals surface area (Å²) >= 11 is 4.90. The van der Waals surface area contributed by atoms with Gasteiger partial charge in [0.25, 0.3) is 0 Å². The third kappa shape index (κ3) is 4.90. The highest BCUT2D eigenvalue weighted by atomic mass is 32.1. The van der Waals surface area contributed by atoms with Crippen LogP contribution in [-0.2, 0) is 4.79 Å². The Morgan fingerprint density at radius 1 is 1.44 bits per heavy atom.